The van der Waals surface area contributed by atoms with Gasteiger partial charge in [-0.3, -0.25) is 10.1 Å². The number of nitrogens with zero attached hydrogens (tertiary/aromatic N) is 1. The summed E-state index contributed by atoms with van der Waals surface area (Å²) in [7, 11) is 0. The van der Waals surface area contributed by atoms with Crippen molar-refractivity contribution in [2.45, 2.75) is 51.6 Å². The minimum atomic E-state index is -0.605. The second-order valence-corrected chi connectivity index (χ2v) is 5.34. The molecule has 1 fully saturated rings. The van der Waals surface area contributed by atoms with E-state index < -0.39 is 5.54 Å². The highest BCUT2D eigenvalue weighted by atomic mass is 16.5. The average Bonchev–Trinajstić information content (AvgIpc) is 2.60. The molecular formula is C15H26N2O2. The molecule has 1 aliphatic heterocycles. The van der Waals surface area contributed by atoms with Crippen molar-refractivity contribution in [2.75, 3.05) is 26.2 Å². The molecule has 4 nitrogen and oxygen atoms in total. The van der Waals surface area contributed by atoms with Gasteiger partial charge in [-0.25, -0.2) is 0 Å². The number of hydrogen-bond acceptors (Lipinski definition) is 4. The predicted molar refractivity (Wildman–Crippen MR) is 76.8 cm³/mol. The van der Waals surface area contributed by atoms with Gasteiger partial charge in [0.15, 0.2) is 0 Å². The number of carbonyl (C=O) groups excluding carboxylic acids is 1. The number of ether oxygens (including phenoxy) is 1. The quantitative estimate of drug-likeness (QED) is 0.603. The molecule has 0 spiro atoms. The Bertz CT molecular complexity index is 336. The van der Waals surface area contributed by atoms with Crippen LogP contribution in [0.25, 0.3) is 0 Å². The molecule has 108 valence electrons. The molecule has 1 heterocycles. The van der Waals surface area contributed by atoms with E-state index in [4.69, 9.17) is 11.2 Å². The summed E-state index contributed by atoms with van der Waals surface area (Å²) in [5.41, 5.74) is -0.605. The predicted octanol–water partition coefficient (Wildman–Crippen LogP) is 1.41. The third kappa shape index (κ3) is 4.22. The zero-order valence-electron chi connectivity index (χ0n) is 12.4. The van der Waals surface area contributed by atoms with Crippen molar-refractivity contribution in [1.29, 1.82) is 0 Å². The molecule has 0 saturated carbocycles. The van der Waals surface area contributed by atoms with Crippen molar-refractivity contribution >= 4 is 5.97 Å². The van der Waals surface area contributed by atoms with Crippen LogP contribution in [0.5, 0.6) is 0 Å². The Hall–Kier alpha value is -1.05. The van der Waals surface area contributed by atoms with Gasteiger partial charge in [0.25, 0.3) is 0 Å². The molecule has 0 radical (unpaired) electrons. The molecule has 0 aromatic heterocycles. The summed E-state index contributed by atoms with van der Waals surface area (Å²) in [6, 6.07) is 0.505. The van der Waals surface area contributed by atoms with Gasteiger partial charge < -0.3 is 9.64 Å². The first-order chi connectivity index (χ1) is 9.05. The standard InChI is InChI=1S/C15H26N2O2/c1-5-10-16-15(14(18)19-6-2)8-7-11-17(12-9-15)13(3)4/h1,13,16H,6-12H2,2-4H3. The van der Waals surface area contributed by atoms with Gasteiger partial charge in [0.05, 0.1) is 13.2 Å². The Morgan fingerprint density at radius 1 is 1.47 bits per heavy atom. The van der Waals surface area contributed by atoms with Crippen molar-refractivity contribution < 1.29 is 9.53 Å². The Labute approximate surface area is 116 Å². The first-order valence-corrected chi connectivity index (χ1v) is 7.15. The molecule has 0 bridgehead atoms. The first-order valence-electron chi connectivity index (χ1n) is 7.15. The van der Waals surface area contributed by atoms with Crippen LogP contribution in [-0.4, -0.2) is 48.7 Å². The van der Waals surface area contributed by atoms with E-state index in [0.29, 0.717) is 19.2 Å². The number of esters is 1. The fourth-order valence-corrected chi connectivity index (χ4v) is 2.61. The first kappa shape index (κ1) is 16.0. The molecule has 0 amide bonds. The normalized spacial score (nSPS) is 24.8. The SMILES string of the molecule is C#CCNC1(C(=O)OCC)CCCN(C(C)C)CC1. The third-order valence-electron chi connectivity index (χ3n) is 3.80. The van der Waals surface area contributed by atoms with Crippen molar-refractivity contribution in [2.24, 2.45) is 0 Å². The summed E-state index contributed by atoms with van der Waals surface area (Å²) < 4.78 is 5.24. The Balaban J connectivity index is 2.79. The lowest BCUT2D eigenvalue weighted by Gasteiger charge is -2.31. The van der Waals surface area contributed by atoms with E-state index >= 15 is 0 Å². The monoisotopic (exact) mass is 266 g/mol. The van der Waals surface area contributed by atoms with Gasteiger partial charge in [-0.05, 0) is 46.6 Å². The fraction of sp³-hybridized carbons (Fsp3) is 0.800. The maximum Gasteiger partial charge on any atom is 0.326 e. The zero-order chi connectivity index (χ0) is 14.3. The molecule has 4 heteroatoms. The molecule has 0 aromatic carbocycles. The number of nitrogens with one attached hydrogen (secondary N) is 1. The molecule has 1 N–H and O–H groups in total. The highest BCUT2D eigenvalue weighted by molar-refractivity contribution is 5.81. The van der Waals surface area contributed by atoms with Gasteiger partial charge >= 0.3 is 5.97 Å². The molecule has 0 aromatic rings. The van der Waals surface area contributed by atoms with Gasteiger partial charge in [-0.1, -0.05) is 5.92 Å². The van der Waals surface area contributed by atoms with E-state index in [1.54, 1.807) is 0 Å². The molecule has 1 unspecified atom stereocenters. The lowest BCUT2D eigenvalue weighted by molar-refractivity contribution is -0.151. The van der Waals surface area contributed by atoms with Crippen LogP contribution in [0.3, 0.4) is 0 Å². The van der Waals surface area contributed by atoms with Gasteiger partial charge in [0, 0.05) is 12.6 Å². The fourth-order valence-electron chi connectivity index (χ4n) is 2.61. The second-order valence-electron chi connectivity index (χ2n) is 5.34. The smallest absolute Gasteiger partial charge is 0.326 e. The highest BCUT2D eigenvalue weighted by Gasteiger charge is 2.40. The minimum Gasteiger partial charge on any atom is -0.465 e. The van der Waals surface area contributed by atoms with Crippen LogP contribution >= 0.6 is 0 Å². The maximum atomic E-state index is 12.3. The van der Waals surface area contributed by atoms with Crippen molar-refractivity contribution in [3.05, 3.63) is 0 Å². The van der Waals surface area contributed by atoms with E-state index in [-0.39, 0.29) is 5.97 Å². The zero-order valence-corrected chi connectivity index (χ0v) is 12.4. The summed E-state index contributed by atoms with van der Waals surface area (Å²) in [5.74, 6) is 2.40. The van der Waals surface area contributed by atoms with Crippen LogP contribution in [0.1, 0.15) is 40.0 Å². The molecule has 19 heavy (non-hydrogen) atoms. The average molecular weight is 266 g/mol. The van der Waals surface area contributed by atoms with E-state index in [9.17, 15) is 4.79 Å². The van der Waals surface area contributed by atoms with Crippen LogP contribution < -0.4 is 5.32 Å². The summed E-state index contributed by atoms with van der Waals surface area (Å²) >= 11 is 0. The lowest BCUT2D eigenvalue weighted by Crippen LogP contribution is -2.53. The molecular weight excluding hydrogens is 240 g/mol. The third-order valence-corrected chi connectivity index (χ3v) is 3.80. The van der Waals surface area contributed by atoms with E-state index in [2.05, 4.69) is 30.0 Å². The number of likely N-dealkylation sites (tertiary alicyclic amines) is 1. The largest absolute Gasteiger partial charge is 0.465 e. The maximum absolute atomic E-state index is 12.3. The van der Waals surface area contributed by atoms with Gasteiger partial charge in [0.2, 0.25) is 0 Å². The second kappa shape index (κ2) is 7.52. The van der Waals surface area contributed by atoms with Gasteiger partial charge in [0.1, 0.15) is 5.54 Å². The number of hydrogen-bond donors (Lipinski definition) is 1. The van der Waals surface area contributed by atoms with Crippen molar-refractivity contribution in [3.8, 4) is 12.3 Å². The highest BCUT2D eigenvalue weighted by Crippen LogP contribution is 2.25. The number of terminal acetylenes is 1. The summed E-state index contributed by atoms with van der Waals surface area (Å²) in [5, 5.41) is 3.23. The summed E-state index contributed by atoms with van der Waals surface area (Å²) in [6.45, 7) is 8.94. The van der Waals surface area contributed by atoms with Gasteiger partial charge in [-0.15, -0.1) is 6.42 Å². The van der Waals surface area contributed by atoms with Crippen LogP contribution in [0.4, 0.5) is 0 Å². The summed E-state index contributed by atoms with van der Waals surface area (Å²) in [4.78, 5) is 14.7. The molecule has 0 aliphatic carbocycles. The van der Waals surface area contributed by atoms with E-state index in [1.807, 2.05) is 6.92 Å². The Kier molecular flexibility index (Phi) is 6.33. The Morgan fingerprint density at radius 2 is 2.21 bits per heavy atom. The Morgan fingerprint density at radius 3 is 2.79 bits per heavy atom. The van der Waals surface area contributed by atoms with Crippen molar-refractivity contribution in [3.63, 3.8) is 0 Å². The summed E-state index contributed by atoms with van der Waals surface area (Å²) in [6.07, 6.45) is 7.84. The van der Waals surface area contributed by atoms with Gasteiger partial charge in [-0.2, -0.15) is 0 Å². The van der Waals surface area contributed by atoms with E-state index in [1.165, 1.54) is 0 Å². The molecule has 1 saturated heterocycles. The molecule has 1 atom stereocenters. The number of carbonyl (C=O) groups is 1. The van der Waals surface area contributed by atoms with Crippen molar-refractivity contribution in [1.82, 2.24) is 10.2 Å². The van der Waals surface area contributed by atoms with Crippen LogP contribution in [0.2, 0.25) is 0 Å². The number of rotatable bonds is 5. The molecule has 1 rings (SSSR count). The van der Waals surface area contributed by atoms with Crippen LogP contribution in [0.15, 0.2) is 0 Å². The minimum absolute atomic E-state index is 0.157. The van der Waals surface area contributed by atoms with Crippen LogP contribution in [-0.2, 0) is 9.53 Å². The van der Waals surface area contributed by atoms with E-state index in [0.717, 1.165) is 32.4 Å². The topological polar surface area (TPSA) is 41.6 Å². The molecule has 1 aliphatic rings. The van der Waals surface area contributed by atoms with Crippen LogP contribution in [0, 0.1) is 12.3 Å². The lowest BCUT2D eigenvalue weighted by atomic mass is 9.90.